The van der Waals surface area contributed by atoms with Gasteiger partial charge in [-0.15, -0.1) is 0 Å². The molecule has 2 heteroatoms. The highest BCUT2D eigenvalue weighted by atomic mass is 19.1. The van der Waals surface area contributed by atoms with Gasteiger partial charge in [0.05, 0.1) is 6.04 Å². The minimum atomic E-state index is -0.191. The molecule has 2 rings (SSSR count). The summed E-state index contributed by atoms with van der Waals surface area (Å²) in [6, 6.07) is 17.2. The van der Waals surface area contributed by atoms with Crippen LogP contribution >= 0.6 is 0 Å². The number of hydrogen-bond acceptors (Lipinski definition) is 1. The van der Waals surface area contributed by atoms with E-state index >= 15 is 0 Å². The van der Waals surface area contributed by atoms with Gasteiger partial charge in [-0.1, -0.05) is 55.8 Å². The number of hydrogen-bond donors (Lipinski definition) is 1. The van der Waals surface area contributed by atoms with Crippen LogP contribution in [0.1, 0.15) is 36.9 Å². The van der Waals surface area contributed by atoms with Gasteiger partial charge in [-0.05, 0) is 36.2 Å². The first-order valence-corrected chi connectivity index (χ1v) is 6.85. The first-order valence-electron chi connectivity index (χ1n) is 6.85. The maximum atomic E-state index is 13.0. The van der Waals surface area contributed by atoms with Crippen molar-refractivity contribution in [3.8, 4) is 0 Å². The van der Waals surface area contributed by atoms with E-state index < -0.39 is 0 Å². The third-order valence-electron chi connectivity index (χ3n) is 3.22. The van der Waals surface area contributed by atoms with Crippen LogP contribution in [0.5, 0.6) is 0 Å². The Balaban J connectivity index is 2.21. The summed E-state index contributed by atoms with van der Waals surface area (Å²) in [5.74, 6) is -0.191. The van der Waals surface area contributed by atoms with Crippen molar-refractivity contribution < 1.29 is 4.39 Å². The average molecular weight is 257 g/mol. The molecule has 1 nitrogen and oxygen atoms in total. The zero-order valence-electron chi connectivity index (χ0n) is 11.3. The van der Waals surface area contributed by atoms with Crippen LogP contribution in [0, 0.1) is 5.82 Å². The standard InChI is InChI=1S/C17H20FN/c1-2-3-13-19-17(14-7-5-4-6-8-14)15-9-11-16(18)12-10-15/h4-12,17,19H,2-3,13H2,1H3. The van der Waals surface area contributed by atoms with E-state index in [9.17, 15) is 4.39 Å². The molecule has 0 bridgehead atoms. The fraction of sp³-hybridized carbons (Fsp3) is 0.294. The van der Waals surface area contributed by atoms with Gasteiger partial charge < -0.3 is 5.32 Å². The Bertz CT molecular complexity index is 478. The van der Waals surface area contributed by atoms with Crippen LogP contribution in [-0.4, -0.2) is 6.54 Å². The van der Waals surface area contributed by atoms with Crippen molar-refractivity contribution in [1.82, 2.24) is 5.32 Å². The molecular weight excluding hydrogens is 237 g/mol. The van der Waals surface area contributed by atoms with E-state index in [2.05, 4.69) is 24.4 Å². The first-order chi connectivity index (χ1) is 9.31. The Kier molecular flexibility index (Phi) is 5.10. The van der Waals surface area contributed by atoms with Crippen molar-refractivity contribution in [2.45, 2.75) is 25.8 Å². The molecular formula is C17H20FN. The molecule has 100 valence electrons. The maximum Gasteiger partial charge on any atom is 0.123 e. The molecule has 1 N–H and O–H groups in total. The Hall–Kier alpha value is -1.67. The number of nitrogens with one attached hydrogen (secondary N) is 1. The molecule has 0 saturated carbocycles. The molecule has 0 heterocycles. The van der Waals surface area contributed by atoms with Gasteiger partial charge in [0.15, 0.2) is 0 Å². The zero-order chi connectivity index (χ0) is 13.5. The molecule has 1 atom stereocenters. The van der Waals surface area contributed by atoms with Crippen molar-refractivity contribution in [3.05, 3.63) is 71.5 Å². The molecule has 0 saturated heterocycles. The SMILES string of the molecule is CCCCNC(c1ccccc1)c1ccc(F)cc1. The van der Waals surface area contributed by atoms with Gasteiger partial charge in [-0.25, -0.2) is 4.39 Å². The van der Waals surface area contributed by atoms with E-state index in [1.165, 1.54) is 17.7 Å². The largest absolute Gasteiger partial charge is 0.306 e. The third-order valence-corrected chi connectivity index (χ3v) is 3.22. The van der Waals surface area contributed by atoms with Crippen molar-refractivity contribution >= 4 is 0 Å². The van der Waals surface area contributed by atoms with E-state index in [0.717, 1.165) is 24.9 Å². The Morgan fingerprint density at radius 3 is 2.21 bits per heavy atom. The van der Waals surface area contributed by atoms with Gasteiger partial charge in [0.1, 0.15) is 5.82 Å². The van der Waals surface area contributed by atoms with Gasteiger partial charge in [0.2, 0.25) is 0 Å². The molecule has 0 aromatic heterocycles. The highest BCUT2D eigenvalue weighted by molar-refractivity contribution is 5.31. The predicted octanol–water partition coefficient (Wildman–Crippen LogP) is 4.30. The van der Waals surface area contributed by atoms with Crippen molar-refractivity contribution in [2.75, 3.05) is 6.54 Å². The van der Waals surface area contributed by atoms with Gasteiger partial charge in [0.25, 0.3) is 0 Å². The van der Waals surface area contributed by atoms with Crippen LogP contribution in [0.25, 0.3) is 0 Å². The van der Waals surface area contributed by atoms with Crippen LogP contribution in [-0.2, 0) is 0 Å². The second-order valence-corrected chi connectivity index (χ2v) is 4.70. The summed E-state index contributed by atoms with van der Waals surface area (Å²) in [5, 5.41) is 3.55. The lowest BCUT2D eigenvalue weighted by Crippen LogP contribution is -2.23. The second-order valence-electron chi connectivity index (χ2n) is 4.70. The molecule has 2 aromatic rings. The van der Waals surface area contributed by atoms with Crippen LogP contribution in [0.3, 0.4) is 0 Å². The predicted molar refractivity (Wildman–Crippen MR) is 77.6 cm³/mol. The summed E-state index contributed by atoms with van der Waals surface area (Å²) in [6.45, 7) is 3.14. The molecule has 0 fully saturated rings. The smallest absolute Gasteiger partial charge is 0.123 e. The Morgan fingerprint density at radius 2 is 1.58 bits per heavy atom. The Morgan fingerprint density at radius 1 is 0.947 bits per heavy atom. The highest BCUT2D eigenvalue weighted by Crippen LogP contribution is 2.22. The third kappa shape index (κ3) is 3.90. The molecule has 19 heavy (non-hydrogen) atoms. The van der Waals surface area contributed by atoms with Crippen LogP contribution in [0.4, 0.5) is 4.39 Å². The topological polar surface area (TPSA) is 12.0 Å². The molecule has 0 aliphatic carbocycles. The average Bonchev–Trinajstić information content (AvgIpc) is 2.46. The molecule has 0 radical (unpaired) electrons. The summed E-state index contributed by atoms with van der Waals surface area (Å²) in [4.78, 5) is 0. The van der Waals surface area contributed by atoms with Gasteiger partial charge >= 0.3 is 0 Å². The van der Waals surface area contributed by atoms with Gasteiger partial charge in [-0.2, -0.15) is 0 Å². The van der Waals surface area contributed by atoms with E-state index in [4.69, 9.17) is 0 Å². The Labute approximate surface area is 114 Å². The van der Waals surface area contributed by atoms with Crippen molar-refractivity contribution in [3.63, 3.8) is 0 Å². The molecule has 0 spiro atoms. The molecule has 0 amide bonds. The summed E-state index contributed by atoms with van der Waals surface area (Å²) in [6.07, 6.45) is 2.31. The summed E-state index contributed by atoms with van der Waals surface area (Å²) >= 11 is 0. The minimum absolute atomic E-state index is 0.133. The van der Waals surface area contributed by atoms with E-state index in [0.29, 0.717) is 0 Å². The van der Waals surface area contributed by atoms with Crippen molar-refractivity contribution in [1.29, 1.82) is 0 Å². The second kappa shape index (κ2) is 7.05. The molecule has 0 aliphatic rings. The van der Waals surface area contributed by atoms with E-state index in [1.54, 1.807) is 0 Å². The normalized spacial score (nSPS) is 12.3. The summed E-state index contributed by atoms with van der Waals surface area (Å²) in [7, 11) is 0. The quantitative estimate of drug-likeness (QED) is 0.761. The van der Waals surface area contributed by atoms with Gasteiger partial charge in [-0.3, -0.25) is 0 Å². The lowest BCUT2D eigenvalue weighted by atomic mass is 9.98. The van der Waals surface area contributed by atoms with E-state index in [-0.39, 0.29) is 11.9 Å². The number of halogens is 1. The molecule has 0 aliphatic heterocycles. The summed E-state index contributed by atoms with van der Waals surface area (Å²) in [5.41, 5.74) is 2.31. The molecule has 2 aromatic carbocycles. The highest BCUT2D eigenvalue weighted by Gasteiger charge is 2.12. The van der Waals surface area contributed by atoms with E-state index in [1.807, 2.05) is 30.3 Å². The van der Waals surface area contributed by atoms with Crippen LogP contribution < -0.4 is 5.32 Å². The lowest BCUT2D eigenvalue weighted by Gasteiger charge is -2.19. The van der Waals surface area contributed by atoms with Crippen LogP contribution in [0.2, 0.25) is 0 Å². The zero-order valence-corrected chi connectivity index (χ0v) is 11.3. The fourth-order valence-electron chi connectivity index (χ4n) is 2.15. The van der Waals surface area contributed by atoms with Crippen molar-refractivity contribution in [2.24, 2.45) is 0 Å². The first kappa shape index (κ1) is 13.8. The molecule has 1 unspecified atom stereocenters. The maximum absolute atomic E-state index is 13.0. The minimum Gasteiger partial charge on any atom is -0.306 e. The monoisotopic (exact) mass is 257 g/mol. The fourth-order valence-corrected chi connectivity index (χ4v) is 2.15. The lowest BCUT2D eigenvalue weighted by molar-refractivity contribution is 0.576. The number of rotatable bonds is 6. The number of benzene rings is 2. The summed E-state index contributed by atoms with van der Waals surface area (Å²) < 4.78 is 13.0. The van der Waals surface area contributed by atoms with Gasteiger partial charge in [0, 0.05) is 0 Å². The van der Waals surface area contributed by atoms with Crippen LogP contribution in [0.15, 0.2) is 54.6 Å². The number of unbranched alkanes of at least 4 members (excludes halogenated alkanes) is 1.